The summed E-state index contributed by atoms with van der Waals surface area (Å²) in [6.45, 7) is 2.33. The fourth-order valence-corrected chi connectivity index (χ4v) is 3.08. The molecule has 0 radical (unpaired) electrons. The highest BCUT2D eigenvalue weighted by atomic mass is 16.4. The Kier molecular flexibility index (Phi) is 5.18. The molecule has 0 saturated heterocycles. The largest absolute Gasteiger partial charge is 0.481 e. The van der Waals surface area contributed by atoms with Crippen LogP contribution >= 0.6 is 0 Å². The first kappa shape index (κ1) is 15.0. The maximum atomic E-state index is 10.6. The molecule has 0 aliphatic heterocycles. The minimum Gasteiger partial charge on any atom is -0.481 e. The van der Waals surface area contributed by atoms with Crippen LogP contribution in [0.2, 0.25) is 0 Å². The first-order valence-corrected chi connectivity index (χ1v) is 7.63. The van der Waals surface area contributed by atoms with Crippen LogP contribution in [0.1, 0.15) is 68.5 Å². The Morgan fingerprint density at radius 3 is 2.70 bits per heavy atom. The highest BCUT2D eigenvalue weighted by Gasteiger charge is 2.20. The molecule has 1 aliphatic carbocycles. The van der Waals surface area contributed by atoms with Crippen molar-refractivity contribution in [3.05, 3.63) is 35.4 Å². The number of nitrogens with two attached hydrogens (primary N) is 1. The van der Waals surface area contributed by atoms with Crippen molar-refractivity contribution in [2.45, 2.75) is 57.4 Å². The minimum atomic E-state index is -0.780. The zero-order chi connectivity index (χ0) is 14.5. The number of carboxylic acid groups (broad SMARTS) is 1. The van der Waals surface area contributed by atoms with E-state index in [0.29, 0.717) is 12.3 Å². The molecule has 20 heavy (non-hydrogen) atoms. The third-order valence-electron chi connectivity index (χ3n) is 4.50. The van der Waals surface area contributed by atoms with E-state index in [1.807, 2.05) is 6.07 Å². The van der Waals surface area contributed by atoms with E-state index in [4.69, 9.17) is 10.8 Å². The maximum absolute atomic E-state index is 10.6. The Morgan fingerprint density at radius 2 is 2.05 bits per heavy atom. The van der Waals surface area contributed by atoms with Gasteiger partial charge in [0.25, 0.3) is 0 Å². The molecule has 0 amide bonds. The first-order valence-electron chi connectivity index (χ1n) is 7.63. The second-order valence-electron chi connectivity index (χ2n) is 6.17. The molecule has 0 aromatic heterocycles. The van der Waals surface area contributed by atoms with E-state index < -0.39 is 5.97 Å². The summed E-state index contributed by atoms with van der Waals surface area (Å²) in [6, 6.07) is 8.28. The molecular weight excluding hydrogens is 250 g/mol. The molecule has 110 valence electrons. The van der Waals surface area contributed by atoms with Crippen molar-refractivity contribution in [1.82, 2.24) is 0 Å². The van der Waals surface area contributed by atoms with Gasteiger partial charge in [-0.3, -0.25) is 4.79 Å². The smallest absolute Gasteiger partial charge is 0.303 e. The van der Waals surface area contributed by atoms with Gasteiger partial charge in [-0.2, -0.15) is 0 Å². The summed E-state index contributed by atoms with van der Waals surface area (Å²) in [6.07, 6.45) is 5.76. The highest BCUT2D eigenvalue weighted by molar-refractivity contribution is 5.66. The quantitative estimate of drug-likeness (QED) is 0.858. The van der Waals surface area contributed by atoms with Gasteiger partial charge in [0.1, 0.15) is 0 Å². The third kappa shape index (κ3) is 4.07. The Labute approximate surface area is 121 Å². The normalized spacial score (nSPS) is 24.3. The van der Waals surface area contributed by atoms with Crippen molar-refractivity contribution in [3.8, 4) is 0 Å². The molecule has 1 aromatic carbocycles. The predicted octanol–water partition coefficient (Wildman–Crippen LogP) is 3.84. The monoisotopic (exact) mass is 275 g/mol. The first-order chi connectivity index (χ1) is 9.56. The van der Waals surface area contributed by atoms with Gasteiger partial charge >= 0.3 is 5.97 Å². The van der Waals surface area contributed by atoms with Crippen molar-refractivity contribution in [1.29, 1.82) is 0 Å². The van der Waals surface area contributed by atoms with Crippen LogP contribution in [0.5, 0.6) is 0 Å². The van der Waals surface area contributed by atoms with Crippen LogP contribution in [0.4, 0.5) is 0 Å². The summed E-state index contributed by atoms with van der Waals surface area (Å²) in [7, 11) is 0. The lowest BCUT2D eigenvalue weighted by Crippen LogP contribution is -2.14. The average molecular weight is 275 g/mol. The molecular formula is C17H25NO2. The lowest BCUT2D eigenvalue weighted by molar-refractivity contribution is -0.137. The summed E-state index contributed by atoms with van der Waals surface area (Å²) < 4.78 is 0. The van der Waals surface area contributed by atoms with E-state index in [-0.39, 0.29) is 12.5 Å². The SMILES string of the molecule is CC1CCC(c2cccc(C(N)CCC(=O)O)c2)CC1. The molecule has 0 spiro atoms. The number of carboxylic acids is 1. The molecule has 1 unspecified atom stereocenters. The molecule has 2 rings (SSSR count). The van der Waals surface area contributed by atoms with Gasteiger partial charge in [0.05, 0.1) is 0 Å². The van der Waals surface area contributed by atoms with E-state index in [9.17, 15) is 4.79 Å². The van der Waals surface area contributed by atoms with Gasteiger partial charge in [0.15, 0.2) is 0 Å². The molecule has 1 saturated carbocycles. The molecule has 1 aliphatic rings. The number of carbonyl (C=O) groups is 1. The molecule has 1 aromatic rings. The fourth-order valence-electron chi connectivity index (χ4n) is 3.08. The van der Waals surface area contributed by atoms with E-state index in [1.165, 1.54) is 31.2 Å². The summed E-state index contributed by atoms with van der Waals surface area (Å²) in [5.41, 5.74) is 8.55. The molecule has 0 heterocycles. The van der Waals surface area contributed by atoms with Crippen molar-refractivity contribution >= 4 is 5.97 Å². The zero-order valence-corrected chi connectivity index (χ0v) is 12.2. The van der Waals surface area contributed by atoms with Gasteiger partial charge in [-0.1, -0.05) is 44.0 Å². The van der Waals surface area contributed by atoms with E-state index >= 15 is 0 Å². The average Bonchev–Trinajstić information content (AvgIpc) is 2.45. The molecule has 3 heteroatoms. The Bertz CT molecular complexity index is 450. The van der Waals surface area contributed by atoms with Gasteiger partial charge in [0.2, 0.25) is 0 Å². The van der Waals surface area contributed by atoms with Crippen LogP contribution in [-0.2, 0) is 4.79 Å². The Morgan fingerprint density at radius 1 is 1.35 bits per heavy atom. The van der Waals surface area contributed by atoms with Gasteiger partial charge in [0, 0.05) is 12.5 Å². The van der Waals surface area contributed by atoms with Crippen molar-refractivity contribution < 1.29 is 9.90 Å². The number of rotatable bonds is 5. The highest BCUT2D eigenvalue weighted by Crippen LogP contribution is 2.36. The number of aliphatic carboxylic acids is 1. The summed E-state index contributed by atoms with van der Waals surface area (Å²) >= 11 is 0. The van der Waals surface area contributed by atoms with Gasteiger partial charge in [-0.25, -0.2) is 0 Å². The number of benzene rings is 1. The van der Waals surface area contributed by atoms with E-state index in [1.54, 1.807) is 0 Å². The summed E-state index contributed by atoms with van der Waals surface area (Å²) in [5.74, 6) is 0.725. The molecule has 3 N–H and O–H groups in total. The van der Waals surface area contributed by atoms with Crippen LogP contribution in [0.15, 0.2) is 24.3 Å². The minimum absolute atomic E-state index is 0.131. The van der Waals surface area contributed by atoms with Crippen molar-refractivity contribution in [2.24, 2.45) is 11.7 Å². The van der Waals surface area contributed by atoms with Crippen LogP contribution in [0.3, 0.4) is 0 Å². The second kappa shape index (κ2) is 6.89. The predicted molar refractivity (Wildman–Crippen MR) is 80.6 cm³/mol. The zero-order valence-electron chi connectivity index (χ0n) is 12.2. The topological polar surface area (TPSA) is 63.3 Å². The van der Waals surface area contributed by atoms with Crippen LogP contribution in [0.25, 0.3) is 0 Å². The molecule has 1 atom stereocenters. The lowest BCUT2D eigenvalue weighted by Gasteiger charge is -2.27. The van der Waals surface area contributed by atoms with Gasteiger partial charge < -0.3 is 10.8 Å². The Balaban J connectivity index is 2.01. The molecule has 3 nitrogen and oxygen atoms in total. The van der Waals surface area contributed by atoms with Crippen LogP contribution < -0.4 is 5.73 Å². The third-order valence-corrected chi connectivity index (χ3v) is 4.50. The summed E-state index contributed by atoms with van der Waals surface area (Å²) in [5, 5.41) is 8.74. The fraction of sp³-hybridized carbons (Fsp3) is 0.588. The van der Waals surface area contributed by atoms with Crippen LogP contribution in [0, 0.1) is 5.92 Å². The van der Waals surface area contributed by atoms with Crippen molar-refractivity contribution in [3.63, 3.8) is 0 Å². The Hall–Kier alpha value is -1.35. The summed E-state index contributed by atoms with van der Waals surface area (Å²) in [4.78, 5) is 10.6. The van der Waals surface area contributed by atoms with Gasteiger partial charge in [-0.05, 0) is 42.2 Å². The number of hydrogen-bond donors (Lipinski definition) is 2. The van der Waals surface area contributed by atoms with Crippen LogP contribution in [-0.4, -0.2) is 11.1 Å². The van der Waals surface area contributed by atoms with E-state index in [2.05, 4.69) is 25.1 Å². The standard InChI is InChI=1S/C17H25NO2/c1-12-5-7-13(8-6-12)14-3-2-4-15(11-14)16(18)9-10-17(19)20/h2-4,11-13,16H,5-10,18H2,1H3,(H,19,20). The maximum Gasteiger partial charge on any atom is 0.303 e. The molecule has 1 fully saturated rings. The van der Waals surface area contributed by atoms with E-state index in [0.717, 1.165) is 11.5 Å². The number of hydrogen-bond acceptors (Lipinski definition) is 2. The van der Waals surface area contributed by atoms with Gasteiger partial charge in [-0.15, -0.1) is 0 Å². The van der Waals surface area contributed by atoms with Crippen molar-refractivity contribution in [2.75, 3.05) is 0 Å². The molecule has 0 bridgehead atoms. The second-order valence-corrected chi connectivity index (χ2v) is 6.17. The lowest BCUT2D eigenvalue weighted by atomic mass is 9.79.